The summed E-state index contributed by atoms with van der Waals surface area (Å²) >= 11 is 3.22. The predicted octanol–water partition coefficient (Wildman–Crippen LogP) is 2.57. The van der Waals surface area contributed by atoms with E-state index in [2.05, 4.69) is 31.3 Å². The van der Waals surface area contributed by atoms with Crippen LogP contribution in [0.25, 0.3) is 5.65 Å². The fourth-order valence-electron chi connectivity index (χ4n) is 2.29. The first-order chi connectivity index (χ1) is 11.9. The molecule has 2 aromatic heterocycles. The Labute approximate surface area is 149 Å². The van der Waals surface area contributed by atoms with Gasteiger partial charge in [0.2, 0.25) is 0 Å². The summed E-state index contributed by atoms with van der Waals surface area (Å²) in [7, 11) is 0. The number of carboxylic acid groups (broad SMARTS) is 1. The topological polar surface area (TPSA) is 96.6 Å². The number of nitrogens with zero attached hydrogens (tertiary/aromatic N) is 3. The highest BCUT2D eigenvalue weighted by molar-refractivity contribution is 9.10. The largest absolute Gasteiger partial charge is 0.477 e. The molecule has 0 saturated carbocycles. The van der Waals surface area contributed by atoms with Crippen molar-refractivity contribution in [1.29, 1.82) is 0 Å². The Hall–Kier alpha value is -2.81. The van der Waals surface area contributed by atoms with Gasteiger partial charge in [-0.3, -0.25) is 4.79 Å². The molecule has 128 valence electrons. The van der Waals surface area contributed by atoms with Gasteiger partial charge in [0.1, 0.15) is 11.5 Å². The zero-order valence-corrected chi connectivity index (χ0v) is 14.5. The highest BCUT2D eigenvalue weighted by Gasteiger charge is 2.18. The standard InChI is InChI=1S/C16H12BrFN4O3/c1-8-4-9(2-3-11(8)18)6-19-15(23)12-5-13(16(24)25)22-14(21-12)10(17)7-20-22/h2-5,7H,6H2,1H3,(H,19,23)(H,24,25). The summed E-state index contributed by atoms with van der Waals surface area (Å²) in [4.78, 5) is 27.9. The maximum Gasteiger partial charge on any atom is 0.354 e. The molecule has 0 radical (unpaired) electrons. The molecule has 0 aliphatic rings. The zero-order chi connectivity index (χ0) is 18.1. The van der Waals surface area contributed by atoms with Gasteiger partial charge in [0.25, 0.3) is 5.91 Å². The van der Waals surface area contributed by atoms with Gasteiger partial charge in [-0.2, -0.15) is 5.10 Å². The van der Waals surface area contributed by atoms with Crippen molar-refractivity contribution >= 4 is 33.5 Å². The van der Waals surface area contributed by atoms with E-state index in [1.807, 2.05) is 0 Å². The van der Waals surface area contributed by atoms with Crippen LogP contribution in [0.4, 0.5) is 4.39 Å². The number of fused-ring (bicyclic) bond motifs is 1. The van der Waals surface area contributed by atoms with Crippen LogP contribution >= 0.6 is 15.9 Å². The highest BCUT2D eigenvalue weighted by Crippen LogP contribution is 2.18. The van der Waals surface area contributed by atoms with Gasteiger partial charge in [0, 0.05) is 12.6 Å². The first kappa shape index (κ1) is 17.0. The van der Waals surface area contributed by atoms with Crippen LogP contribution < -0.4 is 5.32 Å². The summed E-state index contributed by atoms with van der Waals surface area (Å²) in [5, 5.41) is 15.8. The van der Waals surface area contributed by atoms with E-state index >= 15 is 0 Å². The molecule has 2 heterocycles. The number of carbonyl (C=O) groups is 2. The van der Waals surface area contributed by atoms with Gasteiger partial charge in [-0.1, -0.05) is 12.1 Å². The third-order valence-electron chi connectivity index (χ3n) is 3.56. The number of halogens is 2. The van der Waals surface area contributed by atoms with Gasteiger partial charge >= 0.3 is 5.97 Å². The average Bonchev–Trinajstić information content (AvgIpc) is 2.96. The molecule has 0 spiro atoms. The molecule has 0 bridgehead atoms. The Morgan fingerprint density at radius 3 is 2.80 bits per heavy atom. The van der Waals surface area contributed by atoms with Crippen LogP contribution in [-0.4, -0.2) is 31.6 Å². The smallest absolute Gasteiger partial charge is 0.354 e. The van der Waals surface area contributed by atoms with Crippen LogP contribution in [0.15, 0.2) is 34.9 Å². The van der Waals surface area contributed by atoms with Gasteiger partial charge < -0.3 is 10.4 Å². The van der Waals surface area contributed by atoms with E-state index in [1.54, 1.807) is 19.1 Å². The summed E-state index contributed by atoms with van der Waals surface area (Å²) in [6.45, 7) is 1.79. The molecule has 1 aromatic carbocycles. The number of benzene rings is 1. The van der Waals surface area contributed by atoms with Gasteiger partial charge in [0.15, 0.2) is 11.3 Å². The predicted molar refractivity (Wildman–Crippen MR) is 90.0 cm³/mol. The van der Waals surface area contributed by atoms with Crippen LogP contribution in [0.3, 0.4) is 0 Å². The lowest BCUT2D eigenvalue weighted by molar-refractivity contribution is 0.0687. The molecular formula is C16H12BrFN4O3. The Morgan fingerprint density at radius 1 is 1.36 bits per heavy atom. The highest BCUT2D eigenvalue weighted by atomic mass is 79.9. The molecule has 0 aliphatic carbocycles. The van der Waals surface area contributed by atoms with Crippen molar-refractivity contribution in [3.05, 3.63) is 63.3 Å². The van der Waals surface area contributed by atoms with Crippen molar-refractivity contribution in [2.45, 2.75) is 13.5 Å². The second-order valence-corrected chi connectivity index (χ2v) is 6.18. The van der Waals surface area contributed by atoms with Crippen LogP contribution in [0, 0.1) is 12.7 Å². The normalized spacial score (nSPS) is 10.8. The molecule has 0 fully saturated rings. The number of carboxylic acids is 1. The quantitative estimate of drug-likeness (QED) is 0.693. The Bertz CT molecular complexity index is 1000. The number of aromatic carboxylic acids is 1. The van der Waals surface area contributed by atoms with Gasteiger partial charge in [-0.15, -0.1) is 0 Å². The molecule has 25 heavy (non-hydrogen) atoms. The first-order valence-electron chi connectivity index (χ1n) is 7.17. The lowest BCUT2D eigenvalue weighted by atomic mass is 10.1. The number of aromatic nitrogens is 3. The fraction of sp³-hybridized carbons (Fsp3) is 0.125. The number of nitrogens with one attached hydrogen (secondary N) is 1. The van der Waals surface area contributed by atoms with E-state index in [0.717, 1.165) is 16.1 Å². The minimum Gasteiger partial charge on any atom is -0.477 e. The zero-order valence-electron chi connectivity index (χ0n) is 13.0. The second kappa shape index (κ2) is 6.60. The van der Waals surface area contributed by atoms with Crippen LogP contribution in [0.5, 0.6) is 0 Å². The molecule has 7 nitrogen and oxygen atoms in total. The molecule has 3 rings (SSSR count). The minimum absolute atomic E-state index is 0.0510. The number of hydrogen-bond acceptors (Lipinski definition) is 4. The Balaban J connectivity index is 1.87. The number of carbonyl (C=O) groups excluding carboxylic acids is 1. The van der Waals surface area contributed by atoms with Crippen LogP contribution in [0.2, 0.25) is 0 Å². The van der Waals surface area contributed by atoms with E-state index in [0.29, 0.717) is 10.0 Å². The van der Waals surface area contributed by atoms with Crippen molar-refractivity contribution in [3.63, 3.8) is 0 Å². The number of hydrogen-bond donors (Lipinski definition) is 2. The SMILES string of the molecule is Cc1cc(CNC(=O)c2cc(C(=O)O)n3ncc(Br)c3n2)ccc1F. The molecular weight excluding hydrogens is 395 g/mol. The lowest BCUT2D eigenvalue weighted by Crippen LogP contribution is -2.25. The van der Waals surface area contributed by atoms with Crippen molar-refractivity contribution in [3.8, 4) is 0 Å². The summed E-state index contributed by atoms with van der Waals surface area (Å²) in [6, 6.07) is 5.67. The Morgan fingerprint density at radius 2 is 2.12 bits per heavy atom. The molecule has 0 aliphatic heterocycles. The maximum atomic E-state index is 13.3. The fourth-order valence-corrected chi connectivity index (χ4v) is 2.64. The third kappa shape index (κ3) is 3.36. The molecule has 3 aromatic rings. The van der Waals surface area contributed by atoms with E-state index in [9.17, 15) is 19.1 Å². The van der Waals surface area contributed by atoms with Gasteiger partial charge in [0.05, 0.1) is 10.7 Å². The van der Waals surface area contributed by atoms with E-state index in [1.165, 1.54) is 12.3 Å². The molecule has 0 unspecified atom stereocenters. The van der Waals surface area contributed by atoms with Crippen molar-refractivity contribution in [2.75, 3.05) is 0 Å². The van der Waals surface area contributed by atoms with Crippen molar-refractivity contribution in [1.82, 2.24) is 19.9 Å². The van der Waals surface area contributed by atoms with Crippen molar-refractivity contribution < 1.29 is 19.1 Å². The average molecular weight is 407 g/mol. The first-order valence-corrected chi connectivity index (χ1v) is 7.97. The van der Waals surface area contributed by atoms with Gasteiger partial charge in [-0.25, -0.2) is 18.7 Å². The van der Waals surface area contributed by atoms with E-state index in [4.69, 9.17) is 0 Å². The lowest BCUT2D eigenvalue weighted by Gasteiger charge is -2.08. The van der Waals surface area contributed by atoms with E-state index < -0.39 is 11.9 Å². The molecule has 9 heteroatoms. The number of amides is 1. The minimum atomic E-state index is -1.23. The maximum absolute atomic E-state index is 13.3. The summed E-state index contributed by atoms with van der Waals surface area (Å²) in [5.41, 5.74) is 1.19. The number of aryl methyl sites for hydroxylation is 1. The number of rotatable bonds is 4. The third-order valence-corrected chi connectivity index (χ3v) is 4.12. The van der Waals surface area contributed by atoms with E-state index in [-0.39, 0.29) is 29.4 Å². The molecule has 2 N–H and O–H groups in total. The Kier molecular flexibility index (Phi) is 4.49. The van der Waals surface area contributed by atoms with Crippen LogP contribution in [-0.2, 0) is 6.54 Å². The molecule has 1 amide bonds. The van der Waals surface area contributed by atoms with Crippen LogP contribution in [0.1, 0.15) is 32.1 Å². The van der Waals surface area contributed by atoms with Crippen molar-refractivity contribution in [2.24, 2.45) is 0 Å². The summed E-state index contributed by atoms with van der Waals surface area (Å²) in [6.07, 6.45) is 1.40. The summed E-state index contributed by atoms with van der Waals surface area (Å²) in [5.74, 6) is -2.09. The molecule has 0 atom stereocenters. The summed E-state index contributed by atoms with van der Waals surface area (Å²) < 4.78 is 14.9. The second-order valence-electron chi connectivity index (χ2n) is 5.33. The molecule has 0 saturated heterocycles. The monoisotopic (exact) mass is 406 g/mol. The van der Waals surface area contributed by atoms with Gasteiger partial charge in [-0.05, 0) is 40.0 Å².